The number of aromatic amines is 1. The highest BCUT2D eigenvalue weighted by Gasteiger charge is 2.23. The standard InChI is InChI=1S/C25H23ClN6O2/c1-3-4-11-21-16(2)28-24-29-25(30-32(24)23(21)34)31(15-18-8-5-7-17(12-18)14-27)22(33)19-9-6-10-20(26)13-19/h5-10,12-13H,3-4,11,15H2,1-2H3,(H,28,29,30). The molecule has 34 heavy (non-hydrogen) atoms. The van der Waals surface area contributed by atoms with Crippen LogP contribution in [-0.2, 0) is 13.0 Å². The molecule has 4 aromatic rings. The van der Waals surface area contributed by atoms with E-state index in [0.29, 0.717) is 33.8 Å². The molecule has 0 radical (unpaired) electrons. The fraction of sp³-hybridized carbons (Fsp3) is 0.240. The number of carbonyl (C=O) groups is 1. The monoisotopic (exact) mass is 474 g/mol. The van der Waals surface area contributed by atoms with E-state index >= 15 is 0 Å². The predicted molar refractivity (Wildman–Crippen MR) is 130 cm³/mol. The van der Waals surface area contributed by atoms with Gasteiger partial charge in [0.05, 0.1) is 23.9 Å². The van der Waals surface area contributed by atoms with Gasteiger partial charge in [0.15, 0.2) is 0 Å². The second-order valence-corrected chi connectivity index (χ2v) is 8.42. The second kappa shape index (κ2) is 9.89. The summed E-state index contributed by atoms with van der Waals surface area (Å²) >= 11 is 6.12. The molecule has 0 aliphatic heterocycles. The topological polar surface area (TPSA) is 107 Å². The zero-order valence-electron chi connectivity index (χ0n) is 18.9. The highest BCUT2D eigenvalue weighted by Crippen LogP contribution is 2.20. The lowest BCUT2D eigenvalue weighted by molar-refractivity contribution is 0.0983. The van der Waals surface area contributed by atoms with Crippen LogP contribution in [-0.4, -0.2) is 25.5 Å². The number of unbranched alkanes of at least 4 members (excludes halogenated alkanes) is 1. The van der Waals surface area contributed by atoms with Gasteiger partial charge in [-0.25, -0.2) is 4.98 Å². The number of hydrogen-bond donors (Lipinski definition) is 1. The van der Waals surface area contributed by atoms with Gasteiger partial charge in [0.1, 0.15) is 0 Å². The van der Waals surface area contributed by atoms with Crippen molar-refractivity contribution in [3.8, 4) is 6.07 Å². The van der Waals surface area contributed by atoms with Gasteiger partial charge in [0.2, 0.25) is 5.95 Å². The Morgan fingerprint density at radius 1 is 1.21 bits per heavy atom. The van der Waals surface area contributed by atoms with Crippen molar-refractivity contribution in [2.45, 2.75) is 39.7 Å². The third kappa shape index (κ3) is 4.70. The average molecular weight is 475 g/mol. The van der Waals surface area contributed by atoms with E-state index in [1.165, 1.54) is 9.42 Å². The van der Waals surface area contributed by atoms with Gasteiger partial charge in [0.25, 0.3) is 17.2 Å². The third-order valence-electron chi connectivity index (χ3n) is 5.53. The van der Waals surface area contributed by atoms with Gasteiger partial charge >= 0.3 is 0 Å². The molecule has 0 saturated carbocycles. The van der Waals surface area contributed by atoms with Gasteiger partial charge in [-0.15, -0.1) is 0 Å². The van der Waals surface area contributed by atoms with Crippen LogP contribution in [0.5, 0.6) is 0 Å². The Labute approximate surface area is 201 Å². The molecule has 0 unspecified atom stereocenters. The number of aromatic nitrogens is 4. The fourth-order valence-electron chi connectivity index (χ4n) is 3.75. The molecule has 4 rings (SSSR count). The van der Waals surface area contributed by atoms with Crippen LogP contribution in [0.25, 0.3) is 5.78 Å². The highest BCUT2D eigenvalue weighted by molar-refractivity contribution is 6.31. The van der Waals surface area contributed by atoms with E-state index in [0.717, 1.165) is 18.4 Å². The summed E-state index contributed by atoms with van der Waals surface area (Å²) in [4.78, 5) is 37.0. The van der Waals surface area contributed by atoms with Crippen molar-refractivity contribution in [1.82, 2.24) is 19.6 Å². The zero-order chi connectivity index (χ0) is 24.2. The van der Waals surface area contributed by atoms with Gasteiger partial charge in [-0.2, -0.15) is 14.8 Å². The Bertz CT molecular complexity index is 1470. The van der Waals surface area contributed by atoms with Gasteiger partial charge < -0.3 is 0 Å². The van der Waals surface area contributed by atoms with Gasteiger partial charge in [0, 0.05) is 16.1 Å². The molecule has 9 heteroatoms. The Balaban J connectivity index is 1.82. The number of nitrogens with one attached hydrogen (secondary N) is 1. The van der Waals surface area contributed by atoms with E-state index in [-0.39, 0.29) is 29.7 Å². The number of amides is 1. The number of carbonyl (C=O) groups excluding carboxylic acids is 1. The molecule has 0 atom stereocenters. The van der Waals surface area contributed by atoms with Crippen LogP contribution in [0, 0.1) is 18.3 Å². The Kier molecular flexibility index (Phi) is 6.75. The molecular formula is C25H23ClN6O2. The molecule has 2 heterocycles. The number of benzene rings is 2. The normalized spacial score (nSPS) is 10.9. The minimum Gasteiger partial charge on any atom is -0.272 e. The lowest BCUT2D eigenvalue weighted by Crippen LogP contribution is -2.31. The first-order chi connectivity index (χ1) is 16.4. The maximum atomic E-state index is 13.5. The molecule has 0 aliphatic rings. The molecule has 2 aromatic carbocycles. The number of halogens is 1. The molecule has 1 amide bonds. The third-order valence-corrected chi connectivity index (χ3v) is 5.77. The van der Waals surface area contributed by atoms with E-state index in [1.807, 2.05) is 6.07 Å². The number of nitrogens with zero attached hydrogens (tertiary/aromatic N) is 5. The molecule has 2 aromatic heterocycles. The van der Waals surface area contributed by atoms with Crippen LogP contribution in [0.2, 0.25) is 5.02 Å². The summed E-state index contributed by atoms with van der Waals surface area (Å²) in [6, 6.07) is 15.7. The molecule has 0 spiro atoms. The summed E-state index contributed by atoms with van der Waals surface area (Å²) < 4.78 is 1.28. The number of H-pyrrole nitrogens is 1. The van der Waals surface area contributed by atoms with Crippen molar-refractivity contribution in [1.29, 1.82) is 5.26 Å². The van der Waals surface area contributed by atoms with Crippen LogP contribution < -0.4 is 10.5 Å². The van der Waals surface area contributed by atoms with Gasteiger partial charge in [-0.05, 0) is 55.7 Å². The number of hydrogen-bond acceptors (Lipinski definition) is 5. The Morgan fingerprint density at radius 3 is 2.74 bits per heavy atom. The van der Waals surface area contributed by atoms with Crippen LogP contribution in [0.4, 0.5) is 5.95 Å². The van der Waals surface area contributed by atoms with E-state index in [4.69, 9.17) is 11.6 Å². The van der Waals surface area contributed by atoms with Gasteiger partial charge in [-0.1, -0.05) is 43.1 Å². The molecule has 0 aliphatic carbocycles. The van der Waals surface area contributed by atoms with E-state index in [2.05, 4.69) is 28.1 Å². The lowest BCUT2D eigenvalue weighted by Gasteiger charge is -2.20. The summed E-state index contributed by atoms with van der Waals surface area (Å²) in [7, 11) is 0. The number of nitriles is 1. The van der Waals surface area contributed by atoms with Gasteiger partial charge in [-0.3, -0.25) is 19.6 Å². The molecule has 0 saturated heterocycles. The first-order valence-electron chi connectivity index (χ1n) is 11.0. The van der Waals surface area contributed by atoms with Crippen LogP contribution in [0.3, 0.4) is 0 Å². The minimum atomic E-state index is -0.361. The van der Waals surface area contributed by atoms with Crippen molar-refractivity contribution in [2.24, 2.45) is 0 Å². The van der Waals surface area contributed by atoms with Crippen molar-refractivity contribution in [2.75, 3.05) is 4.90 Å². The first-order valence-corrected chi connectivity index (χ1v) is 11.3. The van der Waals surface area contributed by atoms with E-state index in [9.17, 15) is 14.9 Å². The number of anilines is 1. The second-order valence-electron chi connectivity index (χ2n) is 7.98. The van der Waals surface area contributed by atoms with Crippen molar-refractivity contribution < 1.29 is 4.79 Å². The molecule has 1 N–H and O–H groups in total. The minimum absolute atomic E-state index is 0.122. The molecular weight excluding hydrogens is 452 g/mol. The maximum absolute atomic E-state index is 13.5. The Morgan fingerprint density at radius 2 is 2.00 bits per heavy atom. The largest absolute Gasteiger partial charge is 0.277 e. The summed E-state index contributed by atoms with van der Waals surface area (Å²) in [5, 5.41) is 12.6. The predicted octanol–water partition coefficient (Wildman–Crippen LogP) is 4.44. The summed E-state index contributed by atoms with van der Waals surface area (Å²) in [6.45, 7) is 3.98. The SMILES string of the molecule is CCCCc1c(C)nc2nc(N(Cc3cccc(C#N)c3)C(=O)c3cccc(Cl)c3)[nH]n2c1=O. The van der Waals surface area contributed by atoms with Crippen molar-refractivity contribution in [3.05, 3.63) is 91.9 Å². The zero-order valence-corrected chi connectivity index (χ0v) is 19.6. The summed E-state index contributed by atoms with van der Waals surface area (Å²) in [5.74, 6) is -0.00344. The highest BCUT2D eigenvalue weighted by atomic mass is 35.5. The fourth-order valence-corrected chi connectivity index (χ4v) is 3.94. The quantitative estimate of drug-likeness (QED) is 0.426. The van der Waals surface area contributed by atoms with Crippen LogP contribution in [0.15, 0.2) is 53.3 Å². The van der Waals surface area contributed by atoms with Crippen LogP contribution in [0.1, 0.15) is 52.5 Å². The van der Waals surface area contributed by atoms with Crippen molar-refractivity contribution in [3.63, 3.8) is 0 Å². The molecule has 0 bridgehead atoms. The van der Waals surface area contributed by atoms with Crippen LogP contribution >= 0.6 is 11.6 Å². The van der Waals surface area contributed by atoms with E-state index < -0.39 is 0 Å². The average Bonchev–Trinajstić information content (AvgIpc) is 3.26. The maximum Gasteiger partial charge on any atom is 0.277 e. The Hall–Kier alpha value is -3.96. The summed E-state index contributed by atoms with van der Waals surface area (Å²) in [5.41, 5.74) is 2.61. The molecule has 0 fully saturated rings. The molecule has 172 valence electrons. The van der Waals surface area contributed by atoms with Crippen molar-refractivity contribution >= 4 is 29.2 Å². The number of fused-ring (bicyclic) bond motifs is 1. The lowest BCUT2D eigenvalue weighted by atomic mass is 10.1. The smallest absolute Gasteiger partial charge is 0.272 e. The number of aryl methyl sites for hydroxylation is 1. The summed E-state index contributed by atoms with van der Waals surface area (Å²) in [6.07, 6.45) is 2.45. The first kappa shape index (κ1) is 23.2. The molecule has 8 nitrogen and oxygen atoms in total. The number of rotatable bonds is 7. The van der Waals surface area contributed by atoms with E-state index in [1.54, 1.807) is 49.4 Å².